The van der Waals surface area contributed by atoms with Crippen LogP contribution in [-0.4, -0.2) is 71.4 Å². The summed E-state index contributed by atoms with van der Waals surface area (Å²) in [6.45, 7) is 9.54. The van der Waals surface area contributed by atoms with Gasteiger partial charge in [0.2, 0.25) is 5.91 Å². The van der Waals surface area contributed by atoms with Crippen LogP contribution in [-0.2, 0) is 4.79 Å². The fraction of sp³-hybridized carbons (Fsp3) is 0.632. The summed E-state index contributed by atoms with van der Waals surface area (Å²) >= 11 is 0. The maximum absolute atomic E-state index is 12.6. The second kappa shape index (κ2) is 8.93. The average Bonchev–Trinajstić information content (AvgIpc) is 2.62. The molecule has 1 aromatic heterocycles. The molecule has 0 radical (unpaired) electrons. The highest BCUT2D eigenvalue weighted by Crippen LogP contribution is 2.18. The predicted molar refractivity (Wildman–Crippen MR) is 97.7 cm³/mol. The lowest BCUT2D eigenvalue weighted by molar-refractivity contribution is -0.134. The van der Waals surface area contributed by atoms with Gasteiger partial charge in [-0.25, -0.2) is 0 Å². The Balaban J connectivity index is 1.85. The molecule has 1 aliphatic heterocycles. The Bertz CT molecular complexity index is 590. The first-order valence-electron chi connectivity index (χ1n) is 8.95. The van der Waals surface area contributed by atoms with Crippen LogP contribution in [0.15, 0.2) is 24.5 Å². The first-order chi connectivity index (χ1) is 11.9. The van der Waals surface area contributed by atoms with Crippen LogP contribution in [0.3, 0.4) is 0 Å². The number of piperazine rings is 1. The van der Waals surface area contributed by atoms with Crippen LogP contribution in [0, 0.1) is 17.2 Å². The molecular formula is C19H29N5O. The summed E-state index contributed by atoms with van der Waals surface area (Å²) in [5.41, 5.74) is 1.11. The van der Waals surface area contributed by atoms with Gasteiger partial charge >= 0.3 is 0 Å². The van der Waals surface area contributed by atoms with E-state index in [1.165, 1.54) is 0 Å². The summed E-state index contributed by atoms with van der Waals surface area (Å²) in [5, 5.41) is 9.33. The van der Waals surface area contributed by atoms with Crippen LogP contribution in [0.2, 0.25) is 0 Å². The number of amides is 1. The van der Waals surface area contributed by atoms with Gasteiger partial charge in [-0.3, -0.25) is 19.6 Å². The van der Waals surface area contributed by atoms with Gasteiger partial charge in [0.25, 0.3) is 0 Å². The zero-order chi connectivity index (χ0) is 18.4. The second-order valence-corrected chi connectivity index (χ2v) is 7.11. The number of pyridine rings is 1. The van der Waals surface area contributed by atoms with Crippen molar-refractivity contribution in [1.82, 2.24) is 19.7 Å². The molecule has 0 N–H and O–H groups in total. The molecule has 2 unspecified atom stereocenters. The van der Waals surface area contributed by atoms with E-state index in [1.807, 2.05) is 30.3 Å². The molecule has 6 heteroatoms. The topological polar surface area (TPSA) is 63.5 Å². The van der Waals surface area contributed by atoms with Crippen molar-refractivity contribution in [3.05, 3.63) is 30.1 Å². The van der Waals surface area contributed by atoms with Crippen molar-refractivity contribution in [2.24, 2.45) is 5.92 Å². The standard InChI is InChI=1S/C19H29N5O/c1-15(2)18(12-20)23-8-10-24(11-9-23)19(25)14-22(4)16(3)17-6-5-7-21-13-17/h5-7,13,15-16,18H,8-11,14H2,1-4H3. The van der Waals surface area contributed by atoms with Crippen molar-refractivity contribution in [3.63, 3.8) is 0 Å². The van der Waals surface area contributed by atoms with Crippen LogP contribution in [0.5, 0.6) is 0 Å². The van der Waals surface area contributed by atoms with Gasteiger partial charge in [-0.2, -0.15) is 5.26 Å². The number of aromatic nitrogens is 1. The Kier molecular flexibility index (Phi) is 6.91. The van der Waals surface area contributed by atoms with Crippen LogP contribution < -0.4 is 0 Å². The molecule has 0 aromatic carbocycles. The molecule has 1 aromatic rings. The summed E-state index contributed by atoms with van der Waals surface area (Å²) in [6, 6.07) is 6.42. The number of nitriles is 1. The van der Waals surface area contributed by atoms with E-state index in [0.717, 1.165) is 18.7 Å². The van der Waals surface area contributed by atoms with E-state index in [4.69, 9.17) is 0 Å². The summed E-state index contributed by atoms with van der Waals surface area (Å²) in [6.07, 6.45) is 3.60. The first kappa shape index (κ1) is 19.4. The Morgan fingerprint density at radius 3 is 2.52 bits per heavy atom. The van der Waals surface area contributed by atoms with Gasteiger partial charge in [0, 0.05) is 44.6 Å². The highest BCUT2D eigenvalue weighted by Gasteiger charge is 2.28. The van der Waals surface area contributed by atoms with Crippen LogP contribution >= 0.6 is 0 Å². The normalized spacial score (nSPS) is 18.2. The Hall–Kier alpha value is -1.97. The number of nitrogens with zero attached hydrogens (tertiary/aromatic N) is 5. The number of carbonyl (C=O) groups is 1. The molecule has 6 nitrogen and oxygen atoms in total. The zero-order valence-corrected chi connectivity index (χ0v) is 15.7. The molecule has 0 saturated carbocycles. The summed E-state index contributed by atoms with van der Waals surface area (Å²) in [7, 11) is 1.97. The van der Waals surface area contributed by atoms with Crippen molar-refractivity contribution in [2.45, 2.75) is 32.9 Å². The van der Waals surface area contributed by atoms with Gasteiger partial charge in [0.1, 0.15) is 6.04 Å². The molecule has 1 saturated heterocycles. The lowest BCUT2D eigenvalue weighted by atomic mass is 10.0. The third-order valence-electron chi connectivity index (χ3n) is 5.04. The highest BCUT2D eigenvalue weighted by molar-refractivity contribution is 5.78. The molecule has 2 atom stereocenters. The lowest BCUT2D eigenvalue weighted by Crippen LogP contribution is -2.54. The average molecular weight is 343 g/mol. The van der Waals surface area contributed by atoms with Crippen molar-refractivity contribution in [2.75, 3.05) is 39.8 Å². The van der Waals surface area contributed by atoms with Gasteiger partial charge in [0.15, 0.2) is 0 Å². The van der Waals surface area contributed by atoms with Crippen molar-refractivity contribution < 1.29 is 4.79 Å². The quantitative estimate of drug-likeness (QED) is 0.788. The van der Waals surface area contributed by atoms with E-state index in [9.17, 15) is 10.1 Å². The van der Waals surface area contributed by atoms with Crippen molar-refractivity contribution >= 4 is 5.91 Å². The molecule has 1 aliphatic rings. The summed E-state index contributed by atoms with van der Waals surface area (Å²) in [4.78, 5) is 22.9. The summed E-state index contributed by atoms with van der Waals surface area (Å²) in [5.74, 6) is 0.453. The van der Waals surface area contributed by atoms with E-state index in [0.29, 0.717) is 25.6 Å². The van der Waals surface area contributed by atoms with Crippen molar-refractivity contribution in [1.29, 1.82) is 5.26 Å². The van der Waals surface area contributed by atoms with E-state index in [2.05, 4.69) is 41.6 Å². The second-order valence-electron chi connectivity index (χ2n) is 7.11. The number of hydrogen-bond acceptors (Lipinski definition) is 5. The van der Waals surface area contributed by atoms with E-state index in [-0.39, 0.29) is 18.0 Å². The molecule has 1 fully saturated rings. The highest BCUT2D eigenvalue weighted by atomic mass is 16.2. The Morgan fingerprint density at radius 1 is 1.32 bits per heavy atom. The summed E-state index contributed by atoms with van der Waals surface area (Å²) < 4.78 is 0. The predicted octanol–water partition coefficient (Wildman–Crippen LogP) is 1.77. The monoisotopic (exact) mass is 343 g/mol. The zero-order valence-electron chi connectivity index (χ0n) is 15.7. The molecule has 25 heavy (non-hydrogen) atoms. The minimum atomic E-state index is -0.0643. The molecular weight excluding hydrogens is 314 g/mol. The molecule has 1 amide bonds. The number of rotatable bonds is 6. The van der Waals surface area contributed by atoms with Gasteiger partial charge < -0.3 is 4.90 Å². The number of carbonyl (C=O) groups excluding carboxylic acids is 1. The molecule has 136 valence electrons. The van der Waals surface area contributed by atoms with Crippen LogP contribution in [0.4, 0.5) is 0 Å². The smallest absolute Gasteiger partial charge is 0.236 e. The van der Waals surface area contributed by atoms with E-state index >= 15 is 0 Å². The molecule has 0 spiro atoms. The lowest BCUT2D eigenvalue weighted by Gasteiger charge is -2.38. The number of hydrogen-bond donors (Lipinski definition) is 0. The van der Waals surface area contributed by atoms with E-state index < -0.39 is 0 Å². The number of likely N-dealkylation sites (N-methyl/N-ethyl adjacent to an activating group) is 1. The molecule has 0 aliphatic carbocycles. The van der Waals surface area contributed by atoms with Gasteiger partial charge in [0.05, 0.1) is 12.6 Å². The Labute approximate surface area is 151 Å². The van der Waals surface area contributed by atoms with Gasteiger partial charge in [-0.05, 0) is 31.5 Å². The minimum absolute atomic E-state index is 0.0643. The molecule has 0 bridgehead atoms. The third kappa shape index (κ3) is 5.00. The fourth-order valence-electron chi connectivity index (χ4n) is 3.23. The maximum Gasteiger partial charge on any atom is 0.236 e. The van der Waals surface area contributed by atoms with Gasteiger partial charge in [-0.15, -0.1) is 0 Å². The van der Waals surface area contributed by atoms with Crippen molar-refractivity contribution in [3.8, 4) is 6.07 Å². The fourth-order valence-corrected chi connectivity index (χ4v) is 3.23. The third-order valence-corrected chi connectivity index (χ3v) is 5.04. The largest absolute Gasteiger partial charge is 0.339 e. The molecule has 2 rings (SSSR count). The first-order valence-corrected chi connectivity index (χ1v) is 8.95. The minimum Gasteiger partial charge on any atom is -0.339 e. The Morgan fingerprint density at radius 2 is 2.00 bits per heavy atom. The van der Waals surface area contributed by atoms with Crippen LogP contribution in [0.25, 0.3) is 0 Å². The SMILES string of the molecule is CC(C)C(C#N)N1CCN(C(=O)CN(C)C(C)c2cccnc2)CC1. The molecule has 2 heterocycles. The van der Waals surface area contributed by atoms with Crippen LogP contribution in [0.1, 0.15) is 32.4 Å². The van der Waals surface area contributed by atoms with E-state index in [1.54, 1.807) is 6.20 Å². The maximum atomic E-state index is 12.6. The van der Waals surface area contributed by atoms with Gasteiger partial charge in [-0.1, -0.05) is 19.9 Å².